The number of aliphatic hydroxyl groups excluding tert-OH is 1. The first-order valence-corrected chi connectivity index (χ1v) is 7.06. The molecule has 1 aliphatic rings. The van der Waals surface area contributed by atoms with Crippen molar-refractivity contribution in [1.29, 1.82) is 0 Å². The first kappa shape index (κ1) is 13.5. The van der Waals surface area contributed by atoms with Gasteiger partial charge in [-0.1, -0.05) is 18.2 Å². The lowest BCUT2D eigenvalue weighted by Gasteiger charge is -2.40. The van der Waals surface area contributed by atoms with E-state index >= 15 is 0 Å². The highest BCUT2D eigenvalue weighted by molar-refractivity contribution is 5.82. The number of fused-ring (bicyclic) bond motifs is 1. The molecule has 4 heteroatoms. The van der Waals surface area contributed by atoms with Crippen LogP contribution in [0.25, 0.3) is 10.9 Å². The van der Waals surface area contributed by atoms with Crippen molar-refractivity contribution >= 4 is 10.9 Å². The van der Waals surface area contributed by atoms with Gasteiger partial charge in [-0.05, 0) is 30.5 Å². The molecule has 0 radical (unpaired) electrons. The molecule has 0 aliphatic carbocycles. The average Bonchev–Trinajstić information content (AvgIpc) is 2.54. The summed E-state index contributed by atoms with van der Waals surface area (Å²) in [6, 6.07) is 9.76. The summed E-state index contributed by atoms with van der Waals surface area (Å²) in [5, 5.41) is 11.9. The lowest BCUT2D eigenvalue weighted by molar-refractivity contribution is -0.0776. The third-order valence-corrected chi connectivity index (χ3v) is 4.32. The number of pyridine rings is 1. The van der Waals surface area contributed by atoms with E-state index < -0.39 is 6.10 Å². The molecule has 1 saturated heterocycles. The monoisotopic (exact) mass is 272 g/mol. The minimum Gasteiger partial charge on any atom is -0.388 e. The number of para-hydroxylation sites is 1. The van der Waals surface area contributed by atoms with Crippen LogP contribution >= 0.6 is 0 Å². The van der Waals surface area contributed by atoms with Crippen LogP contribution in [-0.2, 0) is 4.74 Å². The van der Waals surface area contributed by atoms with Crippen molar-refractivity contribution in [2.75, 3.05) is 19.8 Å². The minimum absolute atomic E-state index is 0.387. The Morgan fingerprint density at radius 2 is 2.20 bits per heavy atom. The Balaban J connectivity index is 2.05. The quantitative estimate of drug-likeness (QED) is 0.897. The maximum Gasteiger partial charge on any atom is 0.0887 e. The van der Waals surface area contributed by atoms with E-state index in [-0.39, 0.29) is 5.41 Å². The smallest absolute Gasteiger partial charge is 0.0887 e. The summed E-state index contributed by atoms with van der Waals surface area (Å²) in [7, 11) is 0. The van der Waals surface area contributed by atoms with Crippen molar-refractivity contribution in [3.05, 3.63) is 42.1 Å². The summed E-state index contributed by atoms with van der Waals surface area (Å²) < 4.78 is 5.58. The van der Waals surface area contributed by atoms with E-state index in [2.05, 4.69) is 4.98 Å². The molecule has 3 N–H and O–H groups in total. The van der Waals surface area contributed by atoms with Gasteiger partial charge in [-0.3, -0.25) is 4.98 Å². The Labute approximate surface area is 118 Å². The Hall–Kier alpha value is -1.49. The number of ether oxygens (including phenoxy) is 1. The van der Waals surface area contributed by atoms with Crippen LogP contribution < -0.4 is 5.73 Å². The molecule has 1 fully saturated rings. The van der Waals surface area contributed by atoms with E-state index in [1.54, 1.807) is 6.20 Å². The maximum absolute atomic E-state index is 10.9. The Morgan fingerprint density at radius 3 is 2.95 bits per heavy atom. The zero-order valence-corrected chi connectivity index (χ0v) is 11.5. The molecule has 4 nitrogen and oxygen atoms in total. The number of nitrogens with zero attached hydrogens (tertiary/aromatic N) is 1. The summed E-state index contributed by atoms with van der Waals surface area (Å²) in [5.41, 5.74) is 7.37. The van der Waals surface area contributed by atoms with Gasteiger partial charge in [0.15, 0.2) is 0 Å². The molecule has 2 atom stereocenters. The fraction of sp³-hybridized carbons (Fsp3) is 0.438. The van der Waals surface area contributed by atoms with Gasteiger partial charge >= 0.3 is 0 Å². The Kier molecular flexibility index (Phi) is 3.70. The third-order valence-electron chi connectivity index (χ3n) is 4.32. The molecule has 0 amide bonds. The highest BCUT2D eigenvalue weighted by Crippen LogP contribution is 2.41. The van der Waals surface area contributed by atoms with E-state index in [0.717, 1.165) is 35.9 Å². The van der Waals surface area contributed by atoms with Crippen LogP contribution in [0.15, 0.2) is 36.5 Å². The molecule has 106 valence electrons. The topological polar surface area (TPSA) is 68.4 Å². The van der Waals surface area contributed by atoms with Crippen molar-refractivity contribution in [2.45, 2.75) is 18.9 Å². The molecule has 0 bridgehead atoms. The van der Waals surface area contributed by atoms with E-state index in [0.29, 0.717) is 13.2 Å². The van der Waals surface area contributed by atoms with Crippen molar-refractivity contribution in [3.8, 4) is 0 Å². The standard InChI is InChI=1S/C16H20N2O2/c17-10-16(7-3-9-20-11-16)15(19)13-6-8-18-14-5-2-1-4-12(13)14/h1-2,4-6,8,15,19H,3,7,9-11,17H2. The number of aliphatic hydroxyl groups is 1. The molecule has 2 heterocycles. The molecule has 20 heavy (non-hydrogen) atoms. The van der Waals surface area contributed by atoms with Crippen LogP contribution in [-0.4, -0.2) is 29.8 Å². The van der Waals surface area contributed by atoms with Gasteiger partial charge in [0.1, 0.15) is 0 Å². The number of hydrogen-bond donors (Lipinski definition) is 2. The predicted octanol–water partition coefficient (Wildman–Crippen LogP) is 2.02. The van der Waals surface area contributed by atoms with Gasteiger partial charge in [-0.2, -0.15) is 0 Å². The molecular weight excluding hydrogens is 252 g/mol. The van der Waals surface area contributed by atoms with Crippen LogP contribution in [0, 0.1) is 5.41 Å². The van der Waals surface area contributed by atoms with Gasteiger partial charge in [0, 0.05) is 30.1 Å². The van der Waals surface area contributed by atoms with Crippen molar-refractivity contribution in [1.82, 2.24) is 4.98 Å². The zero-order chi connectivity index (χ0) is 14.0. The second kappa shape index (κ2) is 5.48. The van der Waals surface area contributed by atoms with E-state index in [1.165, 1.54) is 0 Å². The van der Waals surface area contributed by atoms with Gasteiger partial charge in [0.25, 0.3) is 0 Å². The van der Waals surface area contributed by atoms with Crippen LogP contribution in [0.3, 0.4) is 0 Å². The molecule has 1 aliphatic heterocycles. The van der Waals surface area contributed by atoms with Gasteiger partial charge in [-0.25, -0.2) is 0 Å². The number of benzene rings is 1. The average molecular weight is 272 g/mol. The predicted molar refractivity (Wildman–Crippen MR) is 78.2 cm³/mol. The highest BCUT2D eigenvalue weighted by atomic mass is 16.5. The summed E-state index contributed by atoms with van der Waals surface area (Å²) >= 11 is 0. The lowest BCUT2D eigenvalue weighted by Crippen LogP contribution is -2.43. The van der Waals surface area contributed by atoms with Crippen LogP contribution in [0.2, 0.25) is 0 Å². The first-order valence-electron chi connectivity index (χ1n) is 7.06. The first-order chi connectivity index (χ1) is 9.77. The number of rotatable bonds is 3. The normalized spacial score (nSPS) is 24.7. The van der Waals surface area contributed by atoms with Crippen LogP contribution in [0.4, 0.5) is 0 Å². The molecule has 2 aromatic rings. The molecule has 3 rings (SSSR count). The van der Waals surface area contributed by atoms with Crippen LogP contribution in [0.5, 0.6) is 0 Å². The summed E-state index contributed by atoms with van der Waals surface area (Å²) in [5.74, 6) is 0. The van der Waals surface area contributed by atoms with Crippen molar-refractivity contribution in [2.24, 2.45) is 11.1 Å². The Morgan fingerprint density at radius 1 is 1.35 bits per heavy atom. The molecule has 1 aromatic heterocycles. The maximum atomic E-state index is 10.9. The van der Waals surface area contributed by atoms with Crippen LogP contribution in [0.1, 0.15) is 24.5 Å². The van der Waals surface area contributed by atoms with Gasteiger partial charge in [0.2, 0.25) is 0 Å². The molecule has 0 saturated carbocycles. The molecular formula is C16H20N2O2. The zero-order valence-electron chi connectivity index (χ0n) is 11.5. The second-order valence-electron chi connectivity index (χ2n) is 5.54. The lowest BCUT2D eigenvalue weighted by atomic mass is 9.74. The molecule has 1 aromatic carbocycles. The SMILES string of the molecule is NCC1(C(O)c2ccnc3ccccc23)CCCOC1. The Bertz CT molecular complexity index is 589. The van der Waals surface area contributed by atoms with E-state index in [9.17, 15) is 5.11 Å². The number of aromatic nitrogens is 1. The summed E-state index contributed by atoms with van der Waals surface area (Å²) in [4.78, 5) is 4.34. The minimum atomic E-state index is -0.624. The van der Waals surface area contributed by atoms with Gasteiger partial charge in [0.05, 0.1) is 18.2 Å². The largest absolute Gasteiger partial charge is 0.388 e. The molecule has 0 spiro atoms. The fourth-order valence-corrected chi connectivity index (χ4v) is 3.05. The molecule has 2 unspecified atom stereocenters. The summed E-state index contributed by atoms with van der Waals surface area (Å²) in [6.07, 6.45) is 2.95. The number of nitrogens with two attached hydrogens (primary N) is 1. The van der Waals surface area contributed by atoms with Crippen molar-refractivity contribution in [3.63, 3.8) is 0 Å². The number of hydrogen-bond acceptors (Lipinski definition) is 4. The van der Waals surface area contributed by atoms with Crippen molar-refractivity contribution < 1.29 is 9.84 Å². The van der Waals surface area contributed by atoms with Gasteiger partial charge < -0.3 is 15.6 Å². The second-order valence-corrected chi connectivity index (χ2v) is 5.54. The highest BCUT2D eigenvalue weighted by Gasteiger charge is 2.40. The van der Waals surface area contributed by atoms with Gasteiger partial charge in [-0.15, -0.1) is 0 Å². The third kappa shape index (κ3) is 2.20. The summed E-state index contributed by atoms with van der Waals surface area (Å²) in [6.45, 7) is 1.69. The van der Waals surface area contributed by atoms with E-state index in [4.69, 9.17) is 10.5 Å². The fourth-order valence-electron chi connectivity index (χ4n) is 3.05. The van der Waals surface area contributed by atoms with E-state index in [1.807, 2.05) is 30.3 Å².